The summed E-state index contributed by atoms with van der Waals surface area (Å²) in [5.41, 5.74) is 0. The number of aliphatic carboxylic acids is 1. The van der Waals surface area contributed by atoms with Crippen LogP contribution in [0.5, 0.6) is 0 Å². The van der Waals surface area contributed by atoms with Gasteiger partial charge in [0, 0.05) is 0 Å². The van der Waals surface area contributed by atoms with E-state index in [1.165, 1.54) is 64.2 Å². The number of hydrogen-bond acceptors (Lipinski definition) is 1. The van der Waals surface area contributed by atoms with Crippen LogP contribution in [0.25, 0.3) is 0 Å². The number of carboxylic acid groups (broad SMARTS) is 1. The van der Waals surface area contributed by atoms with E-state index in [1.807, 2.05) is 14.1 Å². The zero-order valence-corrected chi connectivity index (χ0v) is 17.0. The van der Waals surface area contributed by atoms with Crippen molar-refractivity contribution in [3.05, 3.63) is 24.3 Å². The normalized spacial score (nSPS) is 12.4. The first-order valence-corrected chi connectivity index (χ1v) is 10.3. The second kappa shape index (κ2) is 16.4. The van der Waals surface area contributed by atoms with Gasteiger partial charge in [0.15, 0.2) is 6.54 Å². The van der Waals surface area contributed by atoms with Gasteiger partial charge in [-0.2, -0.15) is 0 Å². The van der Waals surface area contributed by atoms with Crippen LogP contribution in [0.15, 0.2) is 24.3 Å². The van der Waals surface area contributed by atoms with E-state index in [0.717, 1.165) is 19.4 Å². The fourth-order valence-electron chi connectivity index (χ4n) is 2.97. The third kappa shape index (κ3) is 19.1. The second-order valence-electron chi connectivity index (χ2n) is 7.80. The van der Waals surface area contributed by atoms with Crippen LogP contribution in [0.1, 0.15) is 84.0 Å². The monoisotopic (exact) mass is 352 g/mol. The third-order valence-electron chi connectivity index (χ3n) is 4.53. The number of rotatable bonds is 17. The minimum absolute atomic E-state index is 0.222. The Hall–Kier alpha value is -1.09. The fraction of sp³-hybridized carbons (Fsp3) is 0.773. The molecule has 0 fully saturated rings. The molecule has 0 aliphatic rings. The minimum atomic E-state index is -0.704. The van der Waals surface area contributed by atoms with Gasteiger partial charge in [-0.15, -0.1) is 0 Å². The molecule has 0 unspecified atom stereocenters. The van der Waals surface area contributed by atoms with E-state index < -0.39 is 5.97 Å². The number of hydrogen-bond donors (Lipinski definition) is 1. The van der Waals surface area contributed by atoms with Crippen molar-refractivity contribution in [3.8, 4) is 0 Å². The second-order valence-corrected chi connectivity index (χ2v) is 7.80. The molecule has 0 bridgehead atoms. The summed E-state index contributed by atoms with van der Waals surface area (Å²) < 4.78 is 0.590. The predicted octanol–water partition coefficient (Wildman–Crippen LogP) is 5.96. The third-order valence-corrected chi connectivity index (χ3v) is 4.53. The number of nitrogens with zero attached hydrogens (tertiary/aromatic N) is 1. The zero-order valence-electron chi connectivity index (χ0n) is 17.0. The van der Waals surface area contributed by atoms with Gasteiger partial charge in [0.05, 0.1) is 20.6 Å². The van der Waals surface area contributed by atoms with E-state index in [2.05, 4.69) is 31.2 Å². The Balaban J connectivity index is 3.36. The van der Waals surface area contributed by atoms with Crippen molar-refractivity contribution in [1.82, 2.24) is 0 Å². The predicted molar refractivity (Wildman–Crippen MR) is 109 cm³/mol. The first-order valence-electron chi connectivity index (χ1n) is 10.3. The molecular weight excluding hydrogens is 310 g/mol. The highest BCUT2D eigenvalue weighted by atomic mass is 16.4. The van der Waals surface area contributed by atoms with Gasteiger partial charge in [0.25, 0.3) is 0 Å². The van der Waals surface area contributed by atoms with E-state index in [4.69, 9.17) is 5.11 Å². The van der Waals surface area contributed by atoms with Crippen molar-refractivity contribution in [3.63, 3.8) is 0 Å². The lowest BCUT2D eigenvalue weighted by Crippen LogP contribution is -2.44. The summed E-state index contributed by atoms with van der Waals surface area (Å²) in [6.07, 6.45) is 24.2. The van der Waals surface area contributed by atoms with Crippen molar-refractivity contribution in [2.75, 3.05) is 27.2 Å². The van der Waals surface area contributed by atoms with Gasteiger partial charge in [0.1, 0.15) is 0 Å². The number of quaternary nitrogens is 1. The summed E-state index contributed by atoms with van der Waals surface area (Å²) >= 11 is 0. The van der Waals surface area contributed by atoms with E-state index in [0.29, 0.717) is 4.48 Å². The molecule has 3 heteroatoms. The highest BCUT2D eigenvalue weighted by Gasteiger charge is 2.18. The number of unbranched alkanes of at least 4 members (excludes halogenated alkanes) is 9. The Kier molecular flexibility index (Phi) is 15.7. The number of likely N-dealkylation sites (N-methyl/N-ethyl adjacent to an activating group) is 1. The lowest BCUT2D eigenvalue weighted by molar-refractivity contribution is -0.883. The highest BCUT2D eigenvalue weighted by Crippen LogP contribution is 2.10. The van der Waals surface area contributed by atoms with Crippen LogP contribution >= 0.6 is 0 Å². The standard InChI is InChI=1S/C22H41NO2/c1-4-5-6-7-8-9-10-11-12-13-14-15-16-17-18-19-20-23(2,3)21-22(24)25/h8-9,11-12H,4-7,10,13-21H2,1-3H3/p+1/b9-8+,12-11+. The van der Waals surface area contributed by atoms with Gasteiger partial charge in [-0.1, -0.05) is 63.3 Å². The number of allylic oxidation sites excluding steroid dienone is 4. The molecule has 0 radical (unpaired) electrons. The van der Waals surface area contributed by atoms with Crippen molar-refractivity contribution in [2.24, 2.45) is 0 Å². The van der Waals surface area contributed by atoms with Crippen molar-refractivity contribution >= 4 is 5.97 Å². The Morgan fingerprint density at radius 3 is 1.88 bits per heavy atom. The minimum Gasteiger partial charge on any atom is -0.477 e. The molecule has 0 amide bonds. The molecule has 25 heavy (non-hydrogen) atoms. The van der Waals surface area contributed by atoms with Gasteiger partial charge in [-0.25, -0.2) is 4.79 Å². The first-order chi connectivity index (χ1) is 12.0. The number of carbonyl (C=O) groups is 1. The Morgan fingerprint density at radius 2 is 1.32 bits per heavy atom. The average molecular weight is 353 g/mol. The molecule has 1 N–H and O–H groups in total. The van der Waals surface area contributed by atoms with Crippen LogP contribution in [0.3, 0.4) is 0 Å². The lowest BCUT2D eigenvalue weighted by Gasteiger charge is -2.27. The van der Waals surface area contributed by atoms with E-state index in [-0.39, 0.29) is 6.54 Å². The maximum absolute atomic E-state index is 10.8. The molecule has 0 heterocycles. The fourth-order valence-corrected chi connectivity index (χ4v) is 2.97. The molecule has 3 nitrogen and oxygen atoms in total. The van der Waals surface area contributed by atoms with Crippen LogP contribution in [0, 0.1) is 0 Å². The summed E-state index contributed by atoms with van der Waals surface area (Å²) in [5.74, 6) is -0.704. The van der Waals surface area contributed by atoms with Crippen LogP contribution in [-0.4, -0.2) is 42.7 Å². The average Bonchev–Trinajstić information content (AvgIpc) is 2.53. The molecule has 0 aromatic rings. The molecule has 0 spiro atoms. The summed E-state index contributed by atoms with van der Waals surface area (Å²) in [7, 11) is 4.00. The molecule has 0 rings (SSSR count). The topological polar surface area (TPSA) is 37.3 Å². The molecule has 0 aromatic carbocycles. The molecular formula is C22H42NO2+. The maximum Gasteiger partial charge on any atom is 0.359 e. The van der Waals surface area contributed by atoms with Gasteiger partial charge in [-0.3, -0.25) is 0 Å². The summed E-state index contributed by atoms with van der Waals surface area (Å²) in [5, 5.41) is 8.86. The van der Waals surface area contributed by atoms with Crippen molar-refractivity contribution < 1.29 is 14.4 Å². The Bertz CT molecular complexity index is 372. The summed E-state index contributed by atoms with van der Waals surface area (Å²) in [4.78, 5) is 10.8. The van der Waals surface area contributed by atoms with Gasteiger partial charge in [0.2, 0.25) is 0 Å². The lowest BCUT2D eigenvalue weighted by atomic mass is 10.1. The first kappa shape index (κ1) is 23.9. The summed E-state index contributed by atoms with van der Waals surface area (Å²) in [6.45, 7) is 3.43. The SMILES string of the molecule is CCCCC/C=C/C/C=C/CCCCCCCC[N+](C)(C)CC(=O)O. The number of carboxylic acids is 1. The van der Waals surface area contributed by atoms with Gasteiger partial charge in [-0.05, 0) is 44.9 Å². The van der Waals surface area contributed by atoms with Crippen LogP contribution < -0.4 is 0 Å². The maximum atomic E-state index is 10.8. The molecule has 0 saturated heterocycles. The molecule has 146 valence electrons. The van der Waals surface area contributed by atoms with Crippen molar-refractivity contribution in [2.45, 2.75) is 84.0 Å². The Labute approximate surface area is 156 Å². The smallest absolute Gasteiger partial charge is 0.359 e. The largest absolute Gasteiger partial charge is 0.477 e. The quantitative estimate of drug-likeness (QED) is 0.199. The van der Waals surface area contributed by atoms with Crippen LogP contribution in [-0.2, 0) is 4.79 Å². The molecule has 0 atom stereocenters. The van der Waals surface area contributed by atoms with E-state index in [9.17, 15) is 4.79 Å². The zero-order chi connectivity index (χ0) is 18.8. The van der Waals surface area contributed by atoms with Crippen LogP contribution in [0.2, 0.25) is 0 Å². The van der Waals surface area contributed by atoms with E-state index >= 15 is 0 Å². The van der Waals surface area contributed by atoms with E-state index in [1.54, 1.807) is 0 Å². The Morgan fingerprint density at radius 1 is 0.800 bits per heavy atom. The molecule has 0 saturated carbocycles. The summed E-state index contributed by atoms with van der Waals surface area (Å²) in [6, 6.07) is 0. The molecule has 0 aliphatic heterocycles. The molecule has 0 aliphatic carbocycles. The van der Waals surface area contributed by atoms with Crippen molar-refractivity contribution in [1.29, 1.82) is 0 Å². The van der Waals surface area contributed by atoms with Gasteiger partial charge >= 0.3 is 5.97 Å². The molecule has 0 aromatic heterocycles. The van der Waals surface area contributed by atoms with Gasteiger partial charge < -0.3 is 9.59 Å². The van der Waals surface area contributed by atoms with Crippen LogP contribution in [0.4, 0.5) is 0 Å². The highest BCUT2D eigenvalue weighted by molar-refractivity contribution is 5.67.